The molecule has 3 aromatic carbocycles. The molecule has 3 rings (SSSR count). The number of ether oxygens (including phenoxy) is 6. The molecule has 0 bridgehead atoms. The summed E-state index contributed by atoms with van der Waals surface area (Å²) in [6, 6.07) is 15.4. The van der Waals surface area contributed by atoms with Gasteiger partial charge in [-0.1, -0.05) is 36.2 Å². The predicted molar refractivity (Wildman–Crippen MR) is 160 cm³/mol. The number of benzene rings is 3. The molecule has 0 spiro atoms. The average molecular weight is 625 g/mol. The van der Waals surface area contributed by atoms with Gasteiger partial charge in [0.25, 0.3) is 0 Å². The van der Waals surface area contributed by atoms with Crippen LogP contribution in [0.15, 0.2) is 140 Å². The summed E-state index contributed by atoms with van der Waals surface area (Å²) in [7, 11) is 0. The highest BCUT2D eigenvalue weighted by Gasteiger charge is 2.16. The summed E-state index contributed by atoms with van der Waals surface area (Å²) in [6.07, 6.45) is 1.88. The van der Waals surface area contributed by atoms with Crippen LogP contribution in [0, 0.1) is 0 Å². The third kappa shape index (κ3) is 10.1. The van der Waals surface area contributed by atoms with Crippen molar-refractivity contribution in [2.75, 3.05) is 0 Å². The lowest BCUT2D eigenvalue weighted by Gasteiger charge is -2.10. The van der Waals surface area contributed by atoms with Crippen LogP contribution in [0.2, 0.25) is 5.02 Å². The van der Waals surface area contributed by atoms with Crippen LogP contribution in [0.3, 0.4) is 0 Å². The first-order valence-corrected chi connectivity index (χ1v) is 12.8. The number of carbonyl (C=O) groups is 4. The summed E-state index contributed by atoms with van der Waals surface area (Å²) in [5.41, 5.74) is 9.72. The maximum Gasteiger partial charge on any atom is 0.349 e. The molecular weight excluding hydrogens is 604 g/mol. The Kier molecular flexibility index (Phi) is 11.9. The molecule has 10 nitrogen and oxygen atoms in total. The quantitative estimate of drug-likeness (QED) is 0.0719. The molecule has 0 aromatic heterocycles. The summed E-state index contributed by atoms with van der Waals surface area (Å²) >= 11 is 6.26. The van der Waals surface area contributed by atoms with E-state index in [1.54, 1.807) is 0 Å². The van der Waals surface area contributed by atoms with E-state index in [2.05, 4.69) is 49.2 Å². The van der Waals surface area contributed by atoms with Crippen molar-refractivity contribution < 1.29 is 47.6 Å². The molecule has 0 fully saturated rings. The maximum absolute atomic E-state index is 12.7. The van der Waals surface area contributed by atoms with Gasteiger partial charge in [0.15, 0.2) is 0 Å². The minimum absolute atomic E-state index is 0.00367. The molecule has 0 saturated heterocycles. The topological polar surface area (TPSA) is 124 Å². The van der Waals surface area contributed by atoms with E-state index in [1.807, 2.05) is 0 Å². The van der Waals surface area contributed by atoms with Crippen molar-refractivity contribution in [2.45, 2.75) is 0 Å². The molecule has 0 N–H and O–H groups in total. The summed E-state index contributed by atoms with van der Waals surface area (Å²) in [5.74, 6) is -3.11. The summed E-state index contributed by atoms with van der Waals surface area (Å²) in [4.78, 5) is 48.1. The Labute approximate surface area is 261 Å². The molecule has 3 aromatic rings. The van der Waals surface area contributed by atoms with Gasteiger partial charge in [-0.2, -0.15) is 0 Å². The monoisotopic (exact) mass is 624 g/mol. The Morgan fingerprint density at radius 3 is 1.42 bits per heavy atom. The van der Waals surface area contributed by atoms with E-state index in [4.69, 9.17) is 40.0 Å². The molecule has 0 aliphatic heterocycles. The Balaban J connectivity index is 1.61. The Hall–Kier alpha value is -6.49. The van der Waals surface area contributed by atoms with Crippen LogP contribution in [0.5, 0.6) is 23.0 Å². The average Bonchev–Trinajstić information content (AvgIpc) is 3.03. The van der Waals surface area contributed by atoms with Crippen LogP contribution in [0.4, 0.5) is 0 Å². The van der Waals surface area contributed by atoms with Crippen LogP contribution >= 0.6 is 11.6 Å². The van der Waals surface area contributed by atoms with Crippen LogP contribution < -0.4 is 18.9 Å². The zero-order valence-electron chi connectivity index (χ0n) is 23.3. The van der Waals surface area contributed by atoms with E-state index in [1.165, 1.54) is 66.7 Å². The highest BCUT2D eigenvalue weighted by atomic mass is 35.5. The maximum atomic E-state index is 12.7. The largest absolute Gasteiger partial charge is 0.423 e. The summed E-state index contributed by atoms with van der Waals surface area (Å²) < 4.78 is 31.2. The number of halogens is 1. The number of hydrogen-bond acceptors (Lipinski definition) is 10. The third-order valence-electron chi connectivity index (χ3n) is 5.02. The van der Waals surface area contributed by atoms with E-state index in [0.29, 0.717) is 0 Å². The van der Waals surface area contributed by atoms with Crippen LogP contribution in [0.25, 0.3) is 0 Å². The van der Waals surface area contributed by atoms with Gasteiger partial charge in [-0.3, -0.25) is 0 Å². The number of rotatable bonds is 12. The highest BCUT2D eigenvalue weighted by Crippen LogP contribution is 2.30. The number of hydrogen-bond donors (Lipinski definition) is 0. The van der Waals surface area contributed by atoms with Crippen molar-refractivity contribution >= 4 is 35.5 Å². The smallest absolute Gasteiger partial charge is 0.349 e. The van der Waals surface area contributed by atoms with Crippen LogP contribution in [-0.4, -0.2) is 23.9 Å². The van der Waals surface area contributed by atoms with Crippen LogP contribution in [0.1, 0.15) is 20.7 Å². The fourth-order valence-electron chi connectivity index (χ4n) is 3.04. The molecule has 224 valence electrons. The molecule has 45 heavy (non-hydrogen) atoms. The summed E-state index contributed by atoms with van der Waals surface area (Å²) in [5, 5.41) is -0.00367. The molecule has 11 heteroatoms. The van der Waals surface area contributed by atoms with Gasteiger partial charge >= 0.3 is 35.8 Å². The normalized spacial score (nSPS) is 9.36. The molecule has 0 saturated carbocycles. The third-order valence-corrected chi connectivity index (χ3v) is 5.31. The van der Waals surface area contributed by atoms with Crippen molar-refractivity contribution in [3.8, 4) is 23.0 Å². The molecule has 0 amide bonds. The second-order valence-electron chi connectivity index (χ2n) is 8.05. The first-order valence-electron chi connectivity index (χ1n) is 12.4. The van der Waals surface area contributed by atoms with Crippen molar-refractivity contribution in [3.63, 3.8) is 0 Å². The van der Waals surface area contributed by atoms with Crippen LogP contribution in [-0.2, 0) is 19.1 Å². The first-order chi connectivity index (χ1) is 21.6. The molecule has 0 aliphatic rings. The van der Waals surface area contributed by atoms with E-state index in [9.17, 15) is 19.2 Å². The minimum Gasteiger partial charge on any atom is -0.423 e. The van der Waals surface area contributed by atoms with Gasteiger partial charge in [-0.15, -0.1) is 0 Å². The van der Waals surface area contributed by atoms with E-state index in [-0.39, 0.29) is 51.0 Å². The number of carbonyl (C=O) groups excluding carboxylic acids is 4. The van der Waals surface area contributed by atoms with Gasteiger partial charge in [-0.05, 0) is 73.8 Å². The summed E-state index contributed by atoms with van der Waals surface area (Å²) in [6.45, 7) is 13.3. The van der Waals surface area contributed by atoms with Gasteiger partial charge in [0.2, 0.25) is 0 Å². The van der Waals surface area contributed by atoms with Crippen molar-refractivity contribution in [1.29, 1.82) is 0 Å². The molecule has 0 radical (unpaired) electrons. The SMILES string of the molecule is C=C=C=C(OC(=O)C=C)Oc1ccc(C(=O)Oc2ccc(OC(=O)c3ccc(OC(=C=C=C)OC(=O)C=C)cc3)c(Cl)c2)cc1. The standard InChI is InChI=1S/C34H21ClO10/c1-5-9-31(44-29(36)7-3)40-24-15-11-22(12-16-24)33(38)42-26-19-20-28(27(35)21-26)43-34(39)23-13-17-25(18-14-23)41-32(10-6-2)45-30(37)8-4/h7-8,11-21H,1-4H2. The second kappa shape index (κ2) is 16.2. The zero-order chi connectivity index (χ0) is 32.8. The predicted octanol–water partition coefficient (Wildman–Crippen LogP) is 6.56. The minimum atomic E-state index is -0.772. The van der Waals surface area contributed by atoms with E-state index < -0.39 is 23.9 Å². The second-order valence-corrected chi connectivity index (χ2v) is 8.46. The lowest BCUT2D eigenvalue weighted by atomic mass is 10.2. The van der Waals surface area contributed by atoms with Gasteiger partial charge < -0.3 is 28.4 Å². The molecular formula is C34H21ClO10. The van der Waals surface area contributed by atoms with Crippen molar-refractivity contribution in [2.24, 2.45) is 0 Å². The molecule has 0 aliphatic carbocycles. The van der Waals surface area contributed by atoms with Crippen molar-refractivity contribution in [1.82, 2.24) is 0 Å². The van der Waals surface area contributed by atoms with E-state index >= 15 is 0 Å². The lowest BCUT2D eigenvalue weighted by Crippen LogP contribution is -2.10. The lowest BCUT2D eigenvalue weighted by molar-refractivity contribution is -0.137. The Bertz CT molecular complexity index is 1830. The van der Waals surface area contributed by atoms with Gasteiger partial charge in [0.05, 0.1) is 16.1 Å². The first kappa shape index (κ1) is 33.0. The number of esters is 4. The van der Waals surface area contributed by atoms with E-state index in [0.717, 1.165) is 12.2 Å². The zero-order valence-corrected chi connectivity index (χ0v) is 24.1. The van der Waals surface area contributed by atoms with Crippen molar-refractivity contribution in [3.05, 3.63) is 156 Å². The van der Waals surface area contributed by atoms with Gasteiger partial charge in [-0.25, -0.2) is 19.2 Å². The Morgan fingerprint density at radius 1 is 0.600 bits per heavy atom. The Morgan fingerprint density at radius 2 is 1.02 bits per heavy atom. The highest BCUT2D eigenvalue weighted by molar-refractivity contribution is 6.32. The fraction of sp³-hybridized carbons (Fsp3) is 0. The van der Waals surface area contributed by atoms with Gasteiger partial charge in [0, 0.05) is 29.7 Å². The molecule has 0 atom stereocenters. The van der Waals surface area contributed by atoms with Gasteiger partial charge in [0.1, 0.15) is 23.0 Å². The molecule has 0 unspecified atom stereocenters. The fourth-order valence-corrected chi connectivity index (χ4v) is 3.25. The molecule has 0 heterocycles.